The molecule has 1 rings (SSSR count). The summed E-state index contributed by atoms with van der Waals surface area (Å²) in [5.41, 5.74) is -0.103. The van der Waals surface area contributed by atoms with Gasteiger partial charge in [-0.15, -0.1) is 0 Å². The van der Waals surface area contributed by atoms with Gasteiger partial charge in [0.1, 0.15) is 0 Å². The van der Waals surface area contributed by atoms with E-state index in [1.54, 1.807) is 14.1 Å². The summed E-state index contributed by atoms with van der Waals surface area (Å²) in [5.74, 6) is 0.930. The number of hydrogen-bond acceptors (Lipinski definition) is 2. The third-order valence-electron chi connectivity index (χ3n) is 3.72. The summed E-state index contributed by atoms with van der Waals surface area (Å²) in [4.78, 5) is 18.3. The fraction of sp³-hybridized carbons (Fsp3) is 0.857. The minimum atomic E-state index is -0.445. The van der Waals surface area contributed by atoms with E-state index in [0.717, 1.165) is 19.0 Å². The van der Waals surface area contributed by atoms with E-state index in [-0.39, 0.29) is 5.91 Å². The van der Waals surface area contributed by atoms with E-state index in [0.29, 0.717) is 12.0 Å². The van der Waals surface area contributed by atoms with E-state index in [4.69, 9.17) is 0 Å². The van der Waals surface area contributed by atoms with E-state index in [1.807, 2.05) is 13.8 Å². The third kappa shape index (κ3) is 4.11. The molecule has 0 spiro atoms. The van der Waals surface area contributed by atoms with Crippen LogP contribution in [0.2, 0.25) is 0 Å². The molecule has 0 bridgehead atoms. The van der Waals surface area contributed by atoms with Gasteiger partial charge in [0.15, 0.2) is 5.96 Å². The first kappa shape index (κ1) is 15.8. The number of rotatable bonds is 3. The van der Waals surface area contributed by atoms with Crippen molar-refractivity contribution in [1.29, 1.82) is 0 Å². The van der Waals surface area contributed by atoms with Crippen molar-refractivity contribution in [3.05, 3.63) is 0 Å². The molecule has 0 unspecified atom stereocenters. The Hall–Kier alpha value is -1.26. The van der Waals surface area contributed by atoms with E-state index in [2.05, 4.69) is 34.4 Å². The summed E-state index contributed by atoms with van der Waals surface area (Å²) in [6.07, 6.45) is 1.17. The second kappa shape index (κ2) is 5.80. The molecule has 1 saturated heterocycles. The Morgan fingerprint density at radius 2 is 2.05 bits per heavy atom. The maximum atomic E-state index is 11.8. The first-order chi connectivity index (χ1) is 8.72. The zero-order valence-electron chi connectivity index (χ0n) is 13.1. The van der Waals surface area contributed by atoms with Gasteiger partial charge >= 0.3 is 0 Å². The molecule has 1 fully saturated rings. The lowest BCUT2D eigenvalue weighted by molar-refractivity contribution is -0.128. The zero-order chi connectivity index (χ0) is 14.7. The first-order valence-corrected chi connectivity index (χ1v) is 6.90. The van der Waals surface area contributed by atoms with Gasteiger partial charge in [0, 0.05) is 33.7 Å². The van der Waals surface area contributed by atoms with Gasteiger partial charge in [0.2, 0.25) is 5.91 Å². The quantitative estimate of drug-likeness (QED) is 0.594. The molecule has 110 valence electrons. The fourth-order valence-corrected chi connectivity index (χ4v) is 2.34. The van der Waals surface area contributed by atoms with Gasteiger partial charge in [-0.2, -0.15) is 0 Å². The maximum Gasteiger partial charge on any atom is 0.227 e. The highest BCUT2D eigenvalue weighted by Crippen LogP contribution is 2.28. The second-order valence-electron chi connectivity index (χ2n) is 6.70. The molecule has 5 nitrogen and oxygen atoms in total. The molecule has 0 aromatic rings. The molecule has 1 aliphatic heterocycles. The summed E-state index contributed by atoms with van der Waals surface area (Å²) in [6, 6.07) is 0. The minimum absolute atomic E-state index is 0.0391. The highest BCUT2D eigenvalue weighted by Gasteiger charge is 2.32. The Bertz CT molecular complexity index is 360. The number of likely N-dealkylation sites (tertiary alicyclic amines) is 1. The van der Waals surface area contributed by atoms with Crippen molar-refractivity contribution in [2.45, 2.75) is 34.1 Å². The second-order valence-corrected chi connectivity index (χ2v) is 6.70. The Balaban J connectivity index is 2.58. The van der Waals surface area contributed by atoms with Gasteiger partial charge in [-0.25, -0.2) is 0 Å². The van der Waals surface area contributed by atoms with Crippen LogP contribution in [0.1, 0.15) is 34.1 Å². The number of carbonyl (C=O) groups is 1. The van der Waals surface area contributed by atoms with Crippen LogP contribution in [0, 0.1) is 10.8 Å². The maximum absolute atomic E-state index is 11.8. The predicted octanol–water partition coefficient (Wildman–Crippen LogP) is 1.07. The first-order valence-electron chi connectivity index (χ1n) is 6.90. The number of guanidine groups is 1. The molecule has 19 heavy (non-hydrogen) atoms. The van der Waals surface area contributed by atoms with Crippen LogP contribution in [0.5, 0.6) is 0 Å². The summed E-state index contributed by atoms with van der Waals surface area (Å²) in [7, 11) is 3.46. The molecule has 0 aromatic heterocycles. The summed E-state index contributed by atoms with van der Waals surface area (Å²) < 4.78 is 0. The average Bonchev–Trinajstić information content (AvgIpc) is 2.69. The summed E-state index contributed by atoms with van der Waals surface area (Å²) >= 11 is 0. The largest absolute Gasteiger partial charge is 0.359 e. The summed E-state index contributed by atoms with van der Waals surface area (Å²) in [6.45, 7) is 11.0. The lowest BCUT2D eigenvalue weighted by atomic mass is 9.92. The Kier molecular flexibility index (Phi) is 4.82. The molecule has 0 aromatic carbocycles. The Morgan fingerprint density at radius 3 is 2.47 bits per heavy atom. The predicted molar refractivity (Wildman–Crippen MR) is 79.2 cm³/mol. The Labute approximate surface area is 116 Å². The monoisotopic (exact) mass is 268 g/mol. The molecule has 5 heteroatoms. The van der Waals surface area contributed by atoms with Crippen molar-refractivity contribution < 1.29 is 4.79 Å². The topological polar surface area (TPSA) is 56.7 Å². The van der Waals surface area contributed by atoms with Crippen LogP contribution in [0.4, 0.5) is 0 Å². The van der Waals surface area contributed by atoms with Crippen LogP contribution in [0.15, 0.2) is 4.99 Å². The number of amides is 1. The van der Waals surface area contributed by atoms with Crippen LogP contribution in [-0.4, -0.2) is 50.5 Å². The van der Waals surface area contributed by atoms with E-state index >= 15 is 0 Å². The highest BCUT2D eigenvalue weighted by molar-refractivity contribution is 5.84. The molecule has 1 amide bonds. The van der Waals surface area contributed by atoms with E-state index < -0.39 is 5.41 Å². The number of hydrogen-bond donors (Lipinski definition) is 2. The van der Waals surface area contributed by atoms with Crippen molar-refractivity contribution in [1.82, 2.24) is 15.5 Å². The Morgan fingerprint density at radius 1 is 1.42 bits per heavy atom. The van der Waals surface area contributed by atoms with Gasteiger partial charge in [0.25, 0.3) is 0 Å². The van der Waals surface area contributed by atoms with Crippen LogP contribution in [-0.2, 0) is 4.79 Å². The zero-order valence-corrected chi connectivity index (χ0v) is 13.1. The number of carbonyl (C=O) groups excluding carboxylic acids is 1. The lowest BCUT2D eigenvalue weighted by Gasteiger charge is -2.28. The van der Waals surface area contributed by atoms with Gasteiger partial charge in [-0.1, -0.05) is 13.8 Å². The molecule has 1 aliphatic rings. The van der Waals surface area contributed by atoms with Gasteiger partial charge in [-0.3, -0.25) is 9.79 Å². The smallest absolute Gasteiger partial charge is 0.227 e. The number of aliphatic imine (C=N–C) groups is 1. The number of nitrogens with one attached hydrogen (secondary N) is 2. The lowest BCUT2D eigenvalue weighted by Crippen LogP contribution is -2.48. The van der Waals surface area contributed by atoms with Crippen LogP contribution >= 0.6 is 0 Å². The third-order valence-corrected chi connectivity index (χ3v) is 3.72. The normalized spacial score (nSPS) is 19.5. The molecular weight excluding hydrogens is 240 g/mol. The number of nitrogens with zero attached hydrogens (tertiary/aromatic N) is 2. The SMILES string of the molecule is CN=C(NCC(C)(C)C(=O)NC)N1CCC(C)(C)C1. The van der Waals surface area contributed by atoms with Crippen molar-refractivity contribution in [3.63, 3.8) is 0 Å². The van der Waals surface area contributed by atoms with E-state index in [1.165, 1.54) is 6.42 Å². The van der Waals surface area contributed by atoms with Crippen LogP contribution in [0.3, 0.4) is 0 Å². The molecule has 0 saturated carbocycles. The van der Waals surface area contributed by atoms with Gasteiger partial charge in [0.05, 0.1) is 5.41 Å². The van der Waals surface area contributed by atoms with Crippen molar-refractivity contribution in [3.8, 4) is 0 Å². The van der Waals surface area contributed by atoms with Gasteiger partial charge in [-0.05, 0) is 25.7 Å². The molecule has 0 atom stereocenters. The van der Waals surface area contributed by atoms with Crippen molar-refractivity contribution in [2.24, 2.45) is 15.8 Å². The highest BCUT2D eigenvalue weighted by atomic mass is 16.2. The summed E-state index contributed by atoms with van der Waals surface area (Å²) in [5, 5.41) is 6.02. The fourth-order valence-electron chi connectivity index (χ4n) is 2.34. The molecule has 1 heterocycles. The van der Waals surface area contributed by atoms with Crippen molar-refractivity contribution >= 4 is 11.9 Å². The molecule has 0 radical (unpaired) electrons. The standard InChI is InChI=1S/C14H28N4O/c1-13(2)7-8-18(10-13)12(16-6)17-9-14(3,4)11(19)15-5/h7-10H2,1-6H3,(H,15,19)(H,16,17). The molecule has 0 aliphatic carbocycles. The molecule has 2 N–H and O–H groups in total. The molecular formula is C14H28N4O. The van der Waals surface area contributed by atoms with E-state index in [9.17, 15) is 4.79 Å². The van der Waals surface area contributed by atoms with Crippen LogP contribution < -0.4 is 10.6 Å². The van der Waals surface area contributed by atoms with Crippen molar-refractivity contribution in [2.75, 3.05) is 33.7 Å². The van der Waals surface area contributed by atoms with Gasteiger partial charge < -0.3 is 15.5 Å². The minimum Gasteiger partial charge on any atom is -0.359 e. The average molecular weight is 268 g/mol. The van der Waals surface area contributed by atoms with Crippen LogP contribution in [0.25, 0.3) is 0 Å².